The van der Waals surface area contributed by atoms with Crippen molar-refractivity contribution in [1.82, 2.24) is 0 Å². The number of hydrogen-bond acceptors (Lipinski definition) is 5. The van der Waals surface area contributed by atoms with Gasteiger partial charge in [-0.05, 0) is 47.7 Å². The first kappa shape index (κ1) is 15.0. The van der Waals surface area contributed by atoms with Crippen LogP contribution < -0.4 is 15.8 Å². The molecule has 1 aliphatic carbocycles. The monoisotopic (exact) mass is 318 g/mol. The van der Waals surface area contributed by atoms with Crippen molar-refractivity contribution in [3.63, 3.8) is 0 Å². The van der Waals surface area contributed by atoms with E-state index < -0.39 is 6.23 Å². The first-order valence-electron chi connectivity index (χ1n) is 7.05. The number of aryl methyl sites for hydroxylation is 1. The van der Waals surface area contributed by atoms with Crippen molar-refractivity contribution in [3.8, 4) is 16.2 Å². The van der Waals surface area contributed by atoms with Crippen molar-refractivity contribution in [3.05, 3.63) is 34.9 Å². The zero-order valence-electron chi connectivity index (χ0n) is 12.5. The lowest BCUT2D eigenvalue weighted by Crippen LogP contribution is -2.15. The number of amides is 1. The number of thiophene rings is 1. The smallest absolute Gasteiger partial charge is 0.221 e. The Morgan fingerprint density at radius 1 is 1.45 bits per heavy atom. The highest BCUT2D eigenvalue weighted by atomic mass is 32.1. The maximum absolute atomic E-state index is 11.4. The Hall–Kier alpha value is -1.89. The Kier molecular flexibility index (Phi) is 3.90. The molecule has 0 bridgehead atoms. The van der Waals surface area contributed by atoms with Crippen molar-refractivity contribution in [2.24, 2.45) is 5.73 Å². The second-order valence-corrected chi connectivity index (χ2v) is 6.32. The third-order valence-electron chi connectivity index (χ3n) is 3.83. The lowest BCUT2D eigenvalue weighted by Gasteiger charge is -2.19. The van der Waals surface area contributed by atoms with Crippen molar-refractivity contribution in [2.75, 3.05) is 12.4 Å². The molecule has 1 aliphatic rings. The largest absolute Gasteiger partial charge is 0.497 e. The highest BCUT2D eigenvalue weighted by Crippen LogP contribution is 2.47. The fraction of sp³-hybridized carbons (Fsp3) is 0.312. The number of benzene rings is 1. The molecule has 2 aromatic rings. The van der Waals surface area contributed by atoms with Crippen LogP contribution in [0.5, 0.6) is 5.75 Å². The van der Waals surface area contributed by atoms with Crippen LogP contribution in [0.4, 0.5) is 5.00 Å². The van der Waals surface area contributed by atoms with E-state index in [1.54, 1.807) is 7.11 Å². The molecular weight excluding hydrogens is 300 g/mol. The summed E-state index contributed by atoms with van der Waals surface area (Å²) in [6.07, 6.45) is 0.548. The molecule has 0 saturated carbocycles. The minimum Gasteiger partial charge on any atom is -0.497 e. The molecule has 0 fully saturated rings. The van der Waals surface area contributed by atoms with Crippen LogP contribution in [0.15, 0.2) is 18.2 Å². The van der Waals surface area contributed by atoms with Gasteiger partial charge in [0.2, 0.25) is 5.91 Å². The van der Waals surface area contributed by atoms with Gasteiger partial charge in [-0.25, -0.2) is 0 Å². The molecule has 1 heterocycles. The van der Waals surface area contributed by atoms with Gasteiger partial charge in [-0.3, -0.25) is 4.79 Å². The number of ether oxygens (including phenoxy) is 1. The number of methoxy groups -OCH3 is 1. The van der Waals surface area contributed by atoms with Gasteiger partial charge in [0.25, 0.3) is 0 Å². The van der Waals surface area contributed by atoms with E-state index in [9.17, 15) is 9.90 Å². The Morgan fingerprint density at radius 2 is 2.23 bits per heavy atom. The fourth-order valence-corrected chi connectivity index (χ4v) is 4.29. The third-order valence-corrected chi connectivity index (χ3v) is 5.03. The summed E-state index contributed by atoms with van der Waals surface area (Å²) in [6, 6.07) is 5.98. The molecule has 3 rings (SSSR count). The summed E-state index contributed by atoms with van der Waals surface area (Å²) in [5.41, 5.74) is 9.71. The number of carbonyl (C=O) groups is 1. The van der Waals surface area contributed by atoms with Gasteiger partial charge in [-0.2, -0.15) is 0 Å². The molecule has 1 amide bonds. The average Bonchev–Trinajstić information content (AvgIpc) is 2.84. The van der Waals surface area contributed by atoms with Crippen LogP contribution >= 0.6 is 11.3 Å². The van der Waals surface area contributed by atoms with Crippen LogP contribution in [0.1, 0.15) is 29.8 Å². The standard InChI is InChI=1S/C16H18N2O3S/c1-8(19)18-16-13(15(17)20)12-5-3-9-7-10(21-2)4-6-11(9)14(12)22-16/h4,6-7,15,20H,3,5,17H2,1-2H3,(H,18,19). The van der Waals surface area contributed by atoms with Gasteiger partial charge in [-0.1, -0.05) is 0 Å². The summed E-state index contributed by atoms with van der Waals surface area (Å²) >= 11 is 1.46. The summed E-state index contributed by atoms with van der Waals surface area (Å²) in [4.78, 5) is 12.4. The summed E-state index contributed by atoms with van der Waals surface area (Å²) in [6.45, 7) is 1.45. The van der Waals surface area contributed by atoms with E-state index in [4.69, 9.17) is 10.5 Å². The van der Waals surface area contributed by atoms with E-state index in [0.29, 0.717) is 10.6 Å². The molecule has 22 heavy (non-hydrogen) atoms. The van der Waals surface area contributed by atoms with Crippen LogP contribution in [0.25, 0.3) is 10.4 Å². The second-order valence-electron chi connectivity index (χ2n) is 5.30. The SMILES string of the molecule is COc1ccc2c(c1)CCc1c-2sc(NC(C)=O)c1C(N)O. The Morgan fingerprint density at radius 3 is 2.86 bits per heavy atom. The number of nitrogens with one attached hydrogen (secondary N) is 1. The first-order chi connectivity index (χ1) is 10.5. The molecule has 1 unspecified atom stereocenters. The number of fused-ring (bicyclic) bond motifs is 3. The lowest BCUT2D eigenvalue weighted by molar-refractivity contribution is -0.114. The van der Waals surface area contributed by atoms with Crippen LogP contribution in [-0.4, -0.2) is 18.1 Å². The molecular formula is C16H18N2O3S. The molecule has 0 radical (unpaired) electrons. The number of rotatable bonds is 3. The van der Waals surface area contributed by atoms with Crippen molar-refractivity contribution < 1.29 is 14.6 Å². The highest BCUT2D eigenvalue weighted by molar-refractivity contribution is 7.20. The average molecular weight is 318 g/mol. The van der Waals surface area contributed by atoms with Gasteiger partial charge in [0, 0.05) is 17.4 Å². The summed E-state index contributed by atoms with van der Waals surface area (Å²) in [5.74, 6) is 0.662. The number of aliphatic hydroxyl groups excluding tert-OH is 1. The lowest BCUT2D eigenvalue weighted by atomic mass is 9.89. The summed E-state index contributed by atoms with van der Waals surface area (Å²) in [7, 11) is 1.65. The van der Waals surface area contributed by atoms with E-state index in [1.165, 1.54) is 23.8 Å². The Balaban J connectivity index is 2.15. The minimum atomic E-state index is -1.10. The topological polar surface area (TPSA) is 84.6 Å². The number of carbonyl (C=O) groups excluding carboxylic acids is 1. The van der Waals surface area contributed by atoms with E-state index >= 15 is 0 Å². The van der Waals surface area contributed by atoms with Crippen molar-refractivity contribution >= 4 is 22.2 Å². The molecule has 6 heteroatoms. The van der Waals surface area contributed by atoms with Gasteiger partial charge >= 0.3 is 0 Å². The van der Waals surface area contributed by atoms with Crippen molar-refractivity contribution in [2.45, 2.75) is 26.0 Å². The predicted molar refractivity (Wildman–Crippen MR) is 87.2 cm³/mol. The maximum atomic E-state index is 11.4. The molecule has 116 valence electrons. The zero-order chi connectivity index (χ0) is 15.9. The molecule has 0 spiro atoms. The third kappa shape index (κ3) is 2.49. The van der Waals surface area contributed by atoms with E-state index in [1.807, 2.05) is 18.2 Å². The number of hydrogen-bond donors (Lipinski definition) is 3. The molecule has 0 aliphatic heterocycles. The quantitative estimate of drug-likeness (QED) is 0.759. The van der Waals surface area contributed by atoms with Gasteiger partial charge in [0.05, 0.1) is 7.11 Å². The Labute approximate surface area is 132 Å². The summed E-state index contributed by atoms with van der Waals surface area (Å²) in [5, 5.41) is 13.3. The van der Waals surface area contributed by atoms with Crippen LogP contribution in [0.3, 0.4) is 0 Å². The van der Waals surface area contributed by atoms with E-state index in [2.05, 4.69) is 5.32 Å². The summed E-state index contributed by atoms with van der Waals surface area (Å²) < 4.78 is 5.27. The van der Waals surface area contributed by atoms with Gasteiger partial charge in [-0.15, -0.1) is 11.3 Å². The van der Waals surface area contributed by atoms with E-state index in [0.717, 1.165) is 34.6 Å². The maximum Gasteiger partial charge on any atom is 0.221 e. The number of aliphatic hydroxyl groups is 1. The van der Waals surface area contributed by atoms with Crippen molar-refractivity contribution in [1.29, 1.82) is 0 Å². The Bertz CT molecular complexity index is 737. The number of anilines is 1. The number of nitrogens with two attached hydrogens (primary N) is 1. The zero-order valence-corrected chi connectivity index (χ0v) is 13.3. The van der Waals surface area contributed by atoms with Gasteiger partial charge in [0.1, 0.15) is 17.0 Å². The second kappa shape index (κ2) is 5.72. The normalized spacial score (nSPS) is 14.0. The first-order valence-corrected chi connectivity index (χ1v) is 7.87. The minimum absolute atomic E-state index is 0.171. The molecule has 1 aromatic carbocycles. The highest BCUT2D eigenvalue weighted by Gasteiger charge is 2.27. The fourth-order valence-electron chi connectivity index (χ4n) is 2.89. The van der Waals surface area contributed by atoms with Gasteiger partial charge in [0.15, 0.2) is 0 Å². The van der Waals surface area contributed by atoms with Crippen LogP contribution in [0, 0.1) is 0 Å². The van der Waals surface area contributed by atoms with Crippen LogP contribution in [0.2, 0.25) is 0 Å². The van der Waals surface area contributed by atoms with E-state index in [-0.39, 0.29) is 5.91 Å². The predicted octanol–water partition coefficient (Wildman–Crippen LogP) is 2.43. The van der Waals surface area contributed by atoms with Crippen LogP contribution in [-0.2, 0) is 17.6 Å². The van der Waals surface area contributed by atoms with Gasteiger partial charge < -0.3 is 20.9 Å². The molecule has 5 nitrogen and oxygen atoms in total. The molecule has 1 atom stereocenters. The molecule has 1 aromatic heterocycles. The molecule has 4 N–H and O–H groups in total. The molecule has 0 saturated heterocycles.